The fourth-order valence-electron chi connectivity index (χ4n) is 3.77. The number of methoxy groups -OCH3 is 1. The quantitative estimate of drug-likeness (QED) is 0.467. The van der Waals surface area contributed by atoms with Crippen molar-refractivity contribution in [2.75, 3.05) is 25.6 Å². The summed E-state index contributed by atoms with van der Waals surface area (Å²) in [6, 6.07) is 13.0. The van der Waals surface area contributed by atoms with Crippen molar-refractivity contribution in [2.24, 2.45) is 0 Å². The maximum absolute atomic E-state index is 13.2. The minimum absolute atomic E-state index is 0.135. The largest absolute Gasteiger partial charge is 0.497 e. The van der Waals surface area contributed by atoms with E-state index in [2.05, 4.69) is 17.2 Å². The zero-order chi connectivity index (χ0) is 24.1. The summed E-state index contributed by atoms with van der Waals surface area (Å²) in [5, 5.41) is 5.09. The third-order valence-electron chi connectivity index (χ3n) is 5.53. The highest BCUT2D eigenvalue weighted by atomic mass is 32.2. The second-order valence-corrected chi connectivity index (χ2v) is 10.6. The lowest BCUT2D eigenvalue weighted by molar-refractivity contribution is -0.119. The van der Waals surface area contributed by atoms with Crippen LogP contribution in [-0.2, 0) is 14.8 Å². The molecule has 0 radical (unpaired) electrons. The first-order valence-electron chi connectivity index (χ1n) is 11.1. The number of amides is 1. The van der Waals surface area contributed by atoms with Crippen LogP contribution in [-0.4, -0.2) is 49.9 Å². The number of benzene rings is 2. The summed E-state index contributed by atoms with van der Waals surface area (Å²) in [4.78, 5) is 17.7. The van der Waals surface area contributed by atoms with Gasteiger partial charge in [-0.05, 0) is 67.8 Å². The first kappa shape index (κ1) is 24.2. The Labute approximate surface area is 203 Å². The fraction of sp³-hybridized carbons (Fsp3) is 0.333. The van der Waals surface area contributed by atoms with Crippen LogP contribution in [0.4, 0.5) is 5.13 Å². The van der Waals surface area contributed by atoms with Gasteiger partial charge in [0.05, 0.1) is 24.3 Å². The maximum Gasteiger partial charge on any atom is 0.244 e. The van der Waals surface area contributed by atoms with Crippen LogP contribution in [0.5, 0.6) is 11.5 Å². The van der Waals surface area contributed by atoms with Gasteiger partial charge in [0.2, 0.25) is 15.9 Å². The molecule has 3 aromatic rings. The van der Waals surface area contributed by atoms with Crippen molar-refractivity contribution < 1.29 is 22.7 Å². The van der Waals surface area contributed by atoms with E-state index in [1.165, 1.54) is 34.9 Å². The predicted molar refractivity (Wildman–Crippen MR) is 132 cm³/mol. The van der Waals surface area contributed by atoms with Crippen molar-refractivity contribution in [2.45, 2.75) is 37.1 Å². The molecule has 8 nitrogen and oxygen atoms in total. The van der Waals surface area contributed by atoms with Crippen LogP contribution < -0.4 is 14.8 Å². The van der Waals surface area contributed by atoms with Gasteiger partial charge in [-0.15, -0.1) is 11.3 Å². The first-order valence-corrected chi connectivity index (χ1v) is 13.4. The number of nitrogens with one attached hydrogen (secondary N) is 1. The van der Waals surface area contributed by atoms with Gasteiger partial charge in [-0.25, -0.2) is 13.4 Å². The van der Waals surface area contributed by atoms with Crippen LogP contribution in [0, 0.1) is 0 Å². The van der Waals surface area contributed by atoms with Crippen molar-refractivity contribution in [3.63, 3.8) is 0 Å². The minimum atomic E-state index is -3.81. The third-order valence-corrected chi connectivity index (χ3v) is 8.21. The number of carbonyl (C=O) groups excluding carboxylic acids is 1. The predicted octanol–water partition coefficient (Wildman–Crippen LogP) is 4.40. The average Bonchev–Trinajstić information content (AvgIpc) is 3.53. The van der Waals surface area contributed by atoms with Gasteiger partial charge in [-0.1, -0.05) is 6.92 Å². The molecule has 10 heteroatoms. The van der Waals surface area contributed by atoms with Gasteiger partial charge in [-0.3, -0.25) is 4.79 Å². The molecule has 180 valence electrons. The summed E-state index contributed by atoms with van der Waals surface area (Å²) in [7, 11) is -2.29. The van der Waals surface area contributed by atoms with Crippen LogP contribution in [0.15, 0.2) is 58.8 Å². The number of hydrogen-bond acceptors (Lipinski definition) is 7. The third kappa shape index (κ3) is 5.24. The Morgan fingerprint density at radius 3 is 2.53 bits per heavy atom. The standard InChI is InChI=1S/C24H27N3O5S2/c1-3-15-32-19-8-6-17(7-9-19)21-16-33-24(25-21)26-23(28)22-5-4-14-27(22)34(29,30)20-12-10-18(31-2)11-13-20/h6-13,16,22H,3-5,14-15H2,1-2H3,(H,25,26,28). The van der Waals surface area contributed by atoms with Gasteiger partial charge in [0.1, 0.15) is 17.5 Å². The SMILES string of the molecule is CCCOc1ccc(-c2csc(NC(=O)C3CCCN3S(=O)(=O)c3ccc(OC)cc3)n2)cc1. The molecule has 2 heterocycles. The van der Waals surface area contributed by atoms with Gasteiger partial charge < -0.3 is 14.8 Å². The lowest BCUT2D eigenvalue weighted by atomic mass is 10.2. The smallest absolute Gasteiger partial charge is 0.244 e. The average molecular weight is 502 g/mol. The van der Waals surface area contributed by atoms with E-state index in [4.69, 9.17) is 9.47 Å². The number of aromatic nitrogens is 1. The van der Waals surface area contributed by atoms with E-state index in [1.807, 2.05) is 29.6 Å². The Morgan fingerprint density at radius 1 is 1.15 bits per heavy atom. The summed E-state index contributed by atoms with van der Waals surface area (Å²) in [5.74, 6) is 0.991. The molecule has 1 fully saturated rings. The monoisotopic (exact) mass is 501 g/mol. The summed E-state index contributed by atoms with van der Waals surface area (Å²) >= 11 is 1.30. The Bertz CT molecular complexity index is 1220. The highest BCUT2D eigenvalue weighted by molar-refractivity contribution is 7.89. The molecule has 0 aliphatic carbocycles. The summed E-state index contributed by atoms with van der Waals surface area (Å²) < 4.78 is 38.3. The zero-order valence-corrected chi connectivity index (χ0v) is 20.7. The molecule has 2 aromatic carbocycles. The number of sulfonamides is 1. The molecular weight excluding hydrogens is 474 g/mol. The van der Waals surface area contributed by atoms with Gasteiger partial charge in [0.25, 0.3) is 0 Å². The van der Waals surface area contributed by atoms with Gasteiger partial charge in [0.15, 0.2) is 5.13 Å². The summed E-state index contributed by atoms with van der Waals surface area (Å²) in [6.07, 6.45) is 2.01. The highest BCUT2D eigenvalue weighted by Gasteiger charge is 2.39. The normalized spacial score (nSPS) is 16.4. The number of ether oxygens (including phenoxy) is 2. The Balaban J connectivity index is 1.44. The van der Waals surface area contributed by atoms with E-state index >= 15 is 0 Å². The number of anilines is 1. The van der Waals surface area contributed by atoms with Gasteiger partial charge in [-0.2, -0.15) is 4.31 Å². The van der Waals surface area contributed by atoms with Crippen molar-refractivity contribution in [3.8, 4) is 22.8 Å². The molecule has 1 N–H and O–H groups in total. The number of hydrogen-bond donors (Lipinski definition) is 1. The van der Waals surface area contributed by atoms with Crippen LogP contribution >= 0.6 is 11.3 Å². The molecule has 1 unspecified atom stereocenters. The molecular formula is C24H27N3O5S2. The zero-order valence-electron chi connectivity index (χ0n) is 19.1. The molecule has 1 atom stereocenters. The molecule has 1 amide bonds. The van der Waals surface area contributed by atoms with Gasteiger partial charge in [0, 0.05) is 17.5 Å². The van der Waals surface area contributed by atoms with Gasteiger partial charge >= 0.3 is 0 Å². The van der Waals surface area contributed by atoms with Crippen molar-refractivity contribution in [3.05, 3.63) is 53.9 Å². The van der Waals surface area contributed by atoms with E-state index in [1.54, 1.807) is 12.1 Å². The van der Waals surface area contributed by atoms with E-state index < -0.39 is 16.1 Å². The molecule has 1 aliphatic heterocycles. The topological polar surface area (TPSA) is 97.8 Å². The molecule has 1 aliphatic rings. The molecule has 0 spiro atoms. The fourth-order valence-corrected chi connectivity index (χ4v) is 6.15. The van der Waals surface area contributed by atoms with Crippen LogP contribution in [0.3, 0.4) is 0 Å². The van der Waals surface area contributed by atoms with Crippen LogP contribution in [0.2, 0.25) is 0 Å². The molecule has 0 saturated carbocycles. The van der Waals surface area contributed by atoms with Crippen molar-refractivity contribution >= 4 is 32.4 Å². The number of nitrogens with zero attached hydrogens (tertiary/aromatic N) is 2. The lowest BCUT2D eigenvalue weighted by Gasteiger charge is -2.23. The first-order chi connectivity index (χ1) is 16.4. The second kappa shape index (κ2) is 10.5. The Morgan fingerprint density at radius 2 is 1.85 bits per heavy atom. The lowest BCUT2D eigenvalue weighted by Crippen LogP contribution is -2.43. The number of thiazole rings is 1. The van der Waals surface area contributed by atoms with E-state index in [-0.39, 0.29) is 10.8 Å². The molecule has 1 saturated heterocycles. The summed E-state index contributed by atoms with van der Waals surface area (Å²) in [6.45, 7) is 3.01. The Hall–Kier alpha value is -2.95. The molecule has 0 bridgehead atoms. The van der Waals surface area contributed by atoms with E-state index in [9.17, 15) is 13.2 Å². The van der Waals surface area contributed by atoms with E-state index in [0.717, 1.165) is 23.4 Å². The number of carbonyl (C=O) groups is 1. The van der Waals surface area contributed by atoms with Crippen LogP contribution in [0.1, 0.15) is 26.2 Å². The van der Waals surface area contributed by atoms with E-state index in [0.29, 0.717) is 36.9 Å². The van der Waals surface area contributed by atoms with Crippen molar-refractivity contribution in [1.82, 2.24) is 9.29 Å². The minimum Gasteiger partial charge on any atom is -0.497 e. The maximum atomic E-state index is 13.2. The second-order valence-electron chi connectivity index (χ2n) is 7.85. The Kier molecular flexibility index (Phi) is 7.50. The molecule has 4 rings (SSSR count). The highest BCUT2D eigenvalue weighted by Crippen LogP contribution is 2.30. The summed E-state index contributed by atoms with van der Waals surface area (Å²) in [5.41, 5.74) is 1.64. The number of rotatable bonds is 9. The van der Waals surface area contributed by atoms with Crippen molar-refractivity contribution in [1.29, 1.82) is 0 Å². The molecule has 34 heavy (non-hydrogen) atoms. The molecule has 1 aromatic heterocycles. The van der Waals surface area contributed by atoms with Crippen LogP contribution in [0.25, 0.3) is 11.3 Å².